The van der Waals surface area contributed by atoms with Gasteiger partial charge in [-0.1, -0.05) is 6.92 Å². The number of nitrogens with two attached hydrogens (primary N) is 1. The average Bonchev–Trinajstić information content (AvgIpc) is 2.95. The van der Waals surface area contributed by atoms with Gasteiger partial charge in [-0.05, 0) is 48.0 Å². The summed E-state index contributed by atoms with van der Waals surface area (Å²) >= 11 is 5.16. The average molecular weight is 381 g/mol. The lowest BCUT2D eigenvalue weighted by atomic mass is 10.0. The van der Waals surface area contributed by atoms with E-state index in [0.717, 1.165) is 10.2 Å². The normalized spacial score (nSPS) is 24.9. The summed E-state index contributed by atoms with van der Waals surface area (Å²) in [6, 6.07) is 4.26. The van der Waals surface area contributed by atoms with E-state index >= 15 is 0 Å². The lowest BCUT2D eigenvalue weighted by Crippen LogP contribution is -2.44. The van der Waals surface area contributed by atoms with Crippen molar-refractivity contribution in [2.75, 3.05) is 18.6 Å². The molecule has 1 aromatic rings. The van der Waals surface area contributed by atoms with Crippen LogP contribution in [0.5, 0.6) is 0 Å². The fraction of sp³-hybridized carbons (Fsp3) is 0.692. The molecule has 1 fully saturated rings. The van der Waals surface area contributed by atoms with Crippen molar-refractivity contribution in [1.82, 2.24) is 4.90 Å². The molecule has 1 aromatic heterocycles. The van der Waals surface area contributed by atoms with Crippen molar-refractivity contribution in [3.8, 4) is 0 Å². The third-order valence-corrected chi connectivity index (χ3v) is 7.43. The van der Waals surface area contributed by atoms with E-state index < -0.39 is 9.84 Å². The van der Waals surface area contributed by atoms with Gasteiger partial charge in [-0.2, -0.15) is 0 Å². The molecule has 3 unspecified atom stereocenters. The van der Waals surface area contributed by atoms with Gasteiger partial charge in [-0.25, -0.2) is 8.42 Å². The first-order chi connectivity index (χ1) is 9.34. The maximum Gasteiger partial charge on any atom is 0.151 e. The van der Waals surface area contributed by atoms with Crippen LogP contribution in [0.3, 0.4) is 0 Å². The van der Waals surface area contributed by atoms with E-state index in [9.17, 15) is 8.42 Å². The number of rotatable bonds is 5. The minimum absolute atomic E-state index is 0.00820. The van der Waals surface area contributed by atoms with Crippen LogP contribution < -0.4 is 5.73 Å². The second-order valence-corrected chi connectivity index (χ2v) is 10.1. The van der Waals surface area contributed by atoms with E-state index in [1.165, 1.54) is 4.88 Å². The summed E-state index contributed by atoms with van der Waals surface area (Å²) < 4.78 is 24.4. The second kappa shape index (κ2) is 6.44. The topological polar surface area (TPSA) is 63.4 Å². The molecule has 0 amide bonds. The molecule has 0 saturated carbocycles. The molecule has 2 heterocycles. The lowest BCUT2D eigenvalue weighted by molar-refractivity contribution is 0.164. The molecular formula is C13H21BrN2O2S2. The SMILES string of the molecule is CCC(N)C(c1ccc(Br)s1)N(C)C1CCS(=O)(=O)C1. The van der Waals surface area contributed by atoms with Crippen LogP contribution in [-0.4, -0.2) is 44.0 Å². The zero-order valence-corrected chi connectivity index (χ0v) is 15.0. The molecular weight excluding hydrogens is 360 g/mol. The summed E-state index contributed by atoms with van der Waals surface area (Å²) in [5, 5.41) is 0. The Balaban J connectivity index is 2.23. The van der Waals surface area contributed by atoms with E-state index in [0.29, 0.717) is 12.2 Å². The number of nitrogens with zero attached hydrogens (tertiary/aromatic N) is 1. The molecule has 0 aromatic carbocycles. The first-order valence-corrected chi connectivity index (χ1v) is 10.2. The van der Waals surface area contributed by atoms with Gasteiger partial charge in [0.15, 0.2) is 9.84 Å². The molecule has 1 saturated heterocycles. The molecule has 3 atom stereocenters. The van der Waals surface area contributed by atoms with Crippen LogP contribution >= 0.6 is 27.3 Å². The molecule has 20 heavy (non-hydrogen) atoms. The highest BCUT2D eigenvalue weighted by Gasteiger charge is 2.36. The van der Waals surface area contributed by atoms with Crippen LogP contribution in [0.4, 0.5) is 0 Å². The Labute approximate surface area is 133 Å². The van der Waals surface area contributed by atoms with E-state index in [4.69, 9.17) is 5.73 Å². The van der Waals surface area contributed by atoms with Crippen molar-refractivity contribution >= 4 is 37.1 Å². The van der Waals surface area contributed by atoms with Crippen molar-refractivity contribution in [3.63, 3.8) is 0 Å². The maximum atomic E-state index is 11.7. The quantitative estimate of drug-likeness (QED) is 0.851. The van der Waals surface area contributed by atoms with Gasteiger partial charge in [0.2, 0.25) is 0 Å². The van der Waals surface area contributed by atoms with E-state index in [1.54, 1.807) is 11.3 Å². The van der Waals surface area contributed by atoms with Crippen molar-refractivity contribution < 1.29 is 8.42 Å². The molecule has 0 aliphatic carbocycles. The molecule has 114 valence electrons. The highest BCUT2D eigenvalue weighted by atomic mass is 79.9. The van der Waals surface area contributed by atoms with Crippen molar-refractivity contribution in [2.45, 2.75) is 37.9 Å². The van der Waals surface area contributed by atoms with Gasteiger partial charge in [0.25, 0.3) is 0 Å². The Hall–Kier alpha value is 0.0500. The Kier molecular flexibility index (Phi) is 5.29. The second-order valence-electron chi connectivity index (χ2n) is 5.38. The van der Waals surface area contributed by atoms with Crippen LogP contribution in [0.2, 0.25) is 0 Å². The number of thiophene rings is 1. The number of sulfone groups is 1. The lowest BCUT2D eigenvalue weighted by Gasteiger charge is -2.35. The van der Waals surface area contributed by atoms with Crippen molar-refractivity contribution in [3.05, 3.63) is 20.8 Å². The molecule has 4 nitrogen and oxygen atoms in total. The highest BCUT2D eigenvalue weighted by Crippen LogP contribution is 2.35. The molecule has 0 spiro atoms. The van der Waals surface area contributed by atoms with Gasteiger partial charge in [0.1, 0.15) is 0 Å². The zero-order valence-electron chi connectivity index (χ0n) is 11.8. The molecule has 1 aliphatic heterocycles. The molecule has 7 heteroatoms. The highest BCUT2D eigenvalue weighted by molar-refractivity contribution is 9.11. The van der Waals surface area contributed by atoms with Gasteiger partial charge < -0.3 is 5.73 Å². The minimum atomic E-state index is -2.87. The standard InChI is InChI=1S/C13H21BrN2O2S2/c1-3-10(15)13(11-4-5-12(14)19-11)16(2)9-6-7-20(17,18)8-9/h4-5,9-10,13H,3,6-8,15H2,1-2H3. The molecule has 0 radical (unpaired) electrons. The van der Waals surface area contributed by atoms with Crippen molar-refractivity contribution in [2.24, 2.45) is 5.73 Å². The van der Waals surface area contributed by atoms with Gasteiger partial charge in [0.05, 0.1) is 21.3 Å². The Bertz CT molecular complexity index is 558. The van der Waals surface area contributed by atoms with Gasteiger partial charge >= 0.3 is 0 Å². The maximum absolute atomic E-state index is 11.7. The summed E-state index contributed by atoms with van der Waals surface area (Å²) in [7, 11) is -0.872. The fourth-order valence-corrected chi connectivity index (χ4v) is 6.19. The first-order valence-electron chi connectivity index (χ1n) is 6.77. The summed E-state index contributed by atoms with van der Waals surface area (Å²) in [6.07, 6.45) is 1.57. The van der Waals surface area contributed by atoms with Crippen molar-refractivity contribution in [1.29, 1.82) is 0 Å². The smallest absolute Gasteiger partial charge is 0.151 e. The number of hydrogen-bond donors (Lipinski definition) is 1. The molecule has 0 bridgehead atoms. The van der Waals surface area contributed by atoms with Crippen LogP contribution in [0.25, 0.3) is 0 Å². The van der Waals surface area contributed by atoms with Gasteiger partial charge in [-0.3, -0.25) is 4.90 Å². The van der Waals surface area contributed by atoms with Crippen LogP contribution in [0.1, 0.15) is 30.7 Å². The largest absolute Gasteiger partial charge is 0.326 e. The number of hydrogen-bond acceptors (Lipinski definition) is 5. The summed E-state index contributed by atoms with van der Waals surface area (Å²) in [5.74, 6) is 0.549. The van der Waals surface area contributed by atoms with Crippen LogP contribution in [0, 0.1) is 0 Å². The number of halogens is 1. The minimum Gasteiger partial charge on any atom is -0.326 e. The Morgan fingerprint density at radius 2 is 2.25 bits per heavy atom. The van der Waals surface area contributed by atoms with E-state index in [2.05, 4.69) is 33.8 Å². The number of likely N-dealkylation sites (N-methyl/N-ethyl adjacent to an activating group) is 1. The predicted octanol–water partition coefficient (Wildman–Crippen LogP) is 2.41. The fourth-order valence-electron chi connectivity index (χ4n) is 2.75. The predicted molar refractivity (Wildman–Crippen MR) is 87.8 cm³/mol. The molecule has 1 aliphatic rings. The third kappa shape index (κ3) is 3.62. The first kappa shape index (κ1) is 16.4. The summed E-state index contributed by atoms with van der Waals surface area (Å²) in [5.41, 5.74) is 6.29. The zero-order chi connectivity index (χ0) is 14.9. The third-order valence-electron chi connectivity index (χ3n) is 3.99. The summed E-state index contributed by atoms with van der Waals surface area (Å²) in [6.45, 7) is 2.07. The summed E-state index contributed by atoms with van der Waals surface area (Å²) in [4.78, 5) is 3.36. The van der Waals surface area contributed by atoms with E-state index in [-0.39, 0.29) is 23.9 Å². The molecule has 2 rings (SSSR count). The Morgan fingerprint density at radius 3 is 2.70 bits per heavy atom. The van der Waals surface area contributed by atoms with E-state index in [1.807, 2.05) is 13.1 Å². The Morgan fingerprint density at radius 1 is 1.55 bits per heavy atom. The van der Waals surface area contributed by atoms with Crippen LogP contribution in [-0.2, 0) is 9.84 Å². The molecule has 2 N–H and O–H groups in total. The van der Waals surface area contributed by atoms with Gasteiger partial charge in [-0.15, -0.1) is 11.3 Å². The van der Waals surface area contributed by atoms with Gasteiger partial charge in [0, 0.05) is 17.0 Å². The van der Waals surface area contributed by atoms with Crippen LogP contribution in [0.15, 0.2) is 15.9 Å². The monoisotopic (exact) mass is 380 g/mol.